The molecule has 0 fully saturated rings. The molecule has 4 aromatic rings. The second-order valence-corrected chi connectivity index (χ2v) is 5.73. The maximum Gasteiger partial charge on any atom is 0.231 e. The molecule has 0 aliphatic rings. The molecule has 4 rings (SSSR count). The molecule has 0 radical (unpaired) electrons. The van der Waals surface area contributed by atoms with Gasteiger partial charge in [-0.1, -0.05) is 6.07 Å². The minimum Gasteiger partial charge on any atom is -0.507 e. The number of hydrogen-bond donors (Lipinski definition) is 1. The monoisotopic (exact) mass is 329 g/mol. The summed E-state index contributed by atoms with van der Waals surface area (Å²) in [6, 6.07) is 14.7. The molecule has 0 bridgehead atoms. The van der Waals surface area contributed by atoms with Crippen LogP contribution in [0.15, 0.2) is 70.3 Å². The lowest BCUT2D eigenvalue weighted by Gasteiger charge is -2.01. The minimum atomic E-state index is 0.0765. The second-order valence-electron chi connectivity index (χ2n) is 5.73. The van der Waals surface area contributed by atoms with Crippen molar-refractivity contribution >= 4 is 23.0 Å². The third-order valence-electron chi connectivity index (χ3n) is 3.82. The van der Waals surface area contributed by atoms with Crippen molar-refractivity contribution in [3.63, 3.8) is 0 Å². The average Bonchev–Trinajstić information content (AvgIpc) is 3.03. The van der Waals surface area contributed by atoms with Crippen LogP contribution >= 0.6 is 0 Å². The average molecular weight is 329 g/mol. The van der Waals surface area contributed by atoms with Crippen molar-refractivity contribution in [2.45, 2.75) is 6.92 Å². The number of benzene rings is 2. The highest BCUT2D eigenvalue weighted by Gasteiger charge is 2.12. The number of rotatable bonds is 3. The highest BCUT2D eigenvalue weighted by Crippen LogP contribution is 2.33. The lowest BCUT2D eigenvalue weighted by Crippen LogP contribution is -1.81. The van der Waals surface area contributed by atoms with Gasteiger partial charge in [0.1, 0.15) is 11.3 Å². The van der Waals surface area contributed by atoms with E-state index in [1.54, 1.807) is 30.7 Å². The molecule has 0 aliphatic carbocycles. The maximum atomic E-state index is 10.3. The Morgan fingerprint density at radius 3 is 2.68 bits per heavy atom. The Kier molecular flexibility index (Phi) is 3.74. The van der Waals surface area contributed by atoms with E-state index >= 15 is 0 Å². The van der Waals surface area contributed by atoms with E-state index < -0.39 is 0 Å². The van der Waals surface area contributed by atoms with Crippen molar-refractivity contribution < 1.29 is 9.52 Å². The van der Waals surface area contributed by atoms with Crippen LogP contribution in [0.2, 0.25) is 0 Å². The Morgan fingerprint density at radius 1 is 1.04 bits per heavy atom. The summed E-state index contributed by atoms with van der Waals surface area (Å²) < 4.78 is 5.74. The summed E-state index contributed by atoms with van der Waals surface area (Å²) in [6.07, 6.45) is 5.13. The van der Waals surface area contributed by atoms with Gasteiger partial charge in [0, 0.05) is 24.7 Å². The standard InChI is InChI=1S/C20H15N3O2/c1-13-2-5-19-17(10-13)23-20(25-19)16-4-3-15(11-18(16)24)22-12-14-6-8-21-9-7-14/h2-12,24H,1H3. The fourth-order valence-electron chi connectivity index (χ4n) is 2.53. The fraction of sp³-hybridized carbons (Fsp3) is 0.0500. The van der Waals surface area contributed by atoms with Crippen molar-refractivity contribution in [2.24, 2.45) is 4.99 Å². The molecule has 0 amide bonds. The normalized spacial score (nSPS) is 11.4. The van der Waals surface area contributed by atoms with Gasteiger partial charge in [-0.15, -0.1) is 0 Å². The van der Waals surface area contributed by atoms with E-state index in [2.05, 4.69) is 15.0 Å². The van der Waals surface area contributed by atoms with Gasteiger partial charge in [0.2, 0.25) is 5.89 Å². The van der Waals surface area contributed by atoms with Crippen LogP contribution in [0, 0.1) is 6.92 Å². The first kappa shape index (κ1) is 15.1. The molecule has 25 heavy (non-hydrogen) atoms. The Labute approximate surface area is 144 Å². The number of aryl methyl sites for hydroxylation is 1. The number of fused-ring (bicyclic) bond motifs is 1. The van der Waals surface area contributed by atoms with E-state index in [0.717, 1.165) is 16.6 Å². The van der Waals surface area contributed by atoms with E-state index in [-0.39, 0.29) is 5.75 Å². The quantitative estimate of drug-likeness (QED) is 0.555. The van der Waals surface area contributed by atoms with Gasteiger partial charge < -0.3 is 9.52 Å². The Bertz CT molecular complexity index is 1070. The summed E-state index contributed by atoms with van der Waals surface area (Å²) in [5, 5.41) is 10.3. The Balaban J connectivity index is 1.66. The first-order chi connectivity index (χ1) is 12.2. The van der Waals surface area contributed by atoms with Crippen molar-refractivity contribution in [2.75, 3.05) is 0 Å². The molecule has 0 atom stereocenters. The van der Waals surface area contributed by atoms with Gasteiger partial charge >= 0.3 is 0 Å². The summed E-state index contributed by atoms with van der Waals surface area (Å²) in [4.78, 5) is 12.8. The number of pyridine rings is 1. The molecule has 5 heteroatoms. The molecular weight excluding hydrogens is 314 g/mol. The summed E-state index contributed by atoms with van der Waals surface area (Å²) in [7, 11) is 0. The Hall–Kier alpha value is -3.47. The smallest absolute Gasteiger partial charge is 0.231 e. The molecule has 0 saturated heterocycles. The van der Waals surface area contributed by atoms with E-state index in [1.165, 1.54) is 0 Å². The van der Waals surface area contributed by atoms with Gasteiger partial charge in [0.25, 0.3) is 0 Å². The van der Waals surface area contributed by atoms with Gasteiger partial charge in [-0.05, 0) is 54.4 Å². The molecule has 1 N–H and O–H groups in total. The fourth-order valence-corrected chi connectivity index (χ4v) is 2.53. The highest BCUT2D eigenvalue weighted by molar-refractivity contribution is 5.82. The number of aromatic nitrogens is 2. The van der Waals surface area contributed by atoms with Gasteiger partial charge in [-0.3, -0.25) is 9.98 Å². The SMILES string of the molecule is Cc1ccc2oc(-c3ccc(N=Cc4ccncc4)cc3O)nc2c1. The Morgan fingerprint density at radius 2 is 1.88 bits per heavy atom. The topological polar surface area (TPSA) is 71.5 Å². The third-order valence-corrected chi connectivity index (χ3v) is 3.82. The molecule has 2 heterocycles. The number of oxazole rings is 1. The molecule has 0 spiro atoms. The zero-order chi connectivity index (χ0) is 17.2. The van der Waals surface area contributed by atoms with Gasteiger partial charge in [0.05, 0.1) is 11.3 Å². The van der Waals surface area contributed by atoms with Crippen molar-refractivity contribution in [3.8, 4) is 17.2 Å². The van der Waals surface area contributed by atoms with Crippen LogP contribution in [0.3, 0.4) is 0 Å². The first-order valence-electron chi connectivity index (χ1n) is 7.84. The third kappa shape index (κ3) is 3.12. The predicted molar refractivity (Wildman–Crippen MR) is 97.3 cm³/mol. The number of phenols is 1. The van der Waals surface area contributed by atoms with E-state index in [4.69, 9.17) is 4.42 Å². The maximum absolute atomic E-state index is 10.3. The molecule has 0 unspecified atom stereocenters. The van der Waals surface area contributed by atoms with Crippen LogP contribution in [0.25, 0.3) is 22.6 Å². The zero-order valence-corrected chi connectivity index (χ0v) is 13.5. The number of aromatic hydroxyl groups is 1. The zero-order valence-electron chi connectivity index (χ0n) is 13.5. The van der Waals surface area contributed by atoms with Crippen LogP contribution in [0.4, 0.5) is 5.69 Å². The number of hydrogen-bond acceptors (Lipinski definition) is 5. The summed E-state index contributed by atoms with van der Waals surface area (Å²) in [6.45, 7) is 2.00. The number of nitrogens with zero attached hydrogens (tertiary/aromatic N) is 3. The molecule has 0 saturated carbocycles. The molecule has 5 nitrogen and oxygen atoms in total. The second kappa shape index (κ2) is 6.20. The predicted octanol–water partition coefficient (Wildman–Crippen LogP) is 4.65. The first-order valence-corrected chi connectivity index (χ1v) is 7.84. The van der Waals surface area contributed by atoms with Crippen LogP contribution in [0.5, 0.6) is 5.75 Å². The van der Waals surface area contributed by atoms with Crippen molar-refractivity contribution in [1.29, 1.82) is 0 Å². The number of phenolic OH excluding ortho intramolecular Hbond substituents is 1. The highest BCUT2D eigenvalue weighted by atomic mass is 16.3. The summed E-state index contributed by atoms with van der Waals surface area (Å²) in [5.41, 5.74) is 4.70. The molecule has 122 valence electrons. The van der Waals surface area contributed by atoms with Crippen molar-refractivity contribution in [3.05, 3.63) is 72.1 Å². The van der Waals surface area contributed by atoms with E-state index in [9.17, 15) is 5.11 Å². The van der Waals surface area contributed by atoms with Crippen LogP contribution in [-0.2, 0) is 0 Å². The van der Waals surface area contributed by atoms with Gasteiger partial charge in [0.15, 0.2) is 5.58 Å². The van der Waals surface area contributed by atoms with Crippen LogP contribution < -0.4 is 0 Å². The molecule has 2 aromatic carbocycles. The lowest BCUT2D eigenvalue weighted by molar-refractivity contribution is 0.474. The van der Waals surface area contributed by atoms with Gasteiger partial charge in [-0.2, -0.15) is 0 Å². The van der Waals surface area contributed by atoms with Gasteiger partial charge in [-0.25, -0.2) is 4.98 Å². The molecule has 2 aromatic heterocycles. The largest absolute Gasteiger partial charge is 0.507 e. The lowest BCUT2D eigenvalue weighted by atomic mass is 10.2. The minimum absolute atomic E-state index is 0.0765. The van der Waals surface area contributed by atoms with E-state index in [1.807, 2.05) is 43.3 Å². The molecule has 0 aliphatic heterocycles. The van der Waals surface area contributed by atoms with Crippen LogP contribution in [-0.4, -0.2) is 21.3 Å². The summed E-state index contributed by atoms with van der Waals surface area (Å²) in [5.74, 6) is 0.468. The van der Waals surface area contributed by atoms with Crippen LogP contribution in [0.1, 0.15) is 11.1 Å². The van der Waals surface area contributed by atoms with Crippen molar-refractivity contribution in [1.82, 2.24) is 9.97 Å². The van der Waals surface area contributed by atoms with E-state index in [0.29, 0.717) is 22.7 Å². The summed E-state index contributed by atoms with van der Waals surface area (Å²) >= 11 is 0. The number of aliphatic imine (C=N–C) groups is 1. The molecular formula is C20H15N3O2.